The number of aromatic nitrogens is 1. The highest BCUT2D eigenvalue weighted by Crippen LogP contribution is 2.17. The van der Waals surface area contributed by atoms with E-state index in [9.17, 15) is 14.0 Å². The number of para-hydroxylation sites is 1. The summed E-state index contributed by atoms with van der Waals surface area (Å²) >= 11 is 1.34. The second-order valence-corrected chi connectivity index (χ2v) is 6.27. The van der Waals surface area contributed by atoms with Crippen molar-refractivity contribution < 1.29 is 18.7 Å². The number of rotatable bonds is 4. The van der Waals surface area contributed by atoms with E-state index in [0.717, 1.165) is 16.3 Å². The number of nitrogens with zero attached hydrogens (tertiary/aromatic N) is 2. The van der Waals surface area contributed by atoms with Gasteiger partial charge in [-0.3, -0.25) is 9.59 Å². The Morgan fingerprint density at radius 1 is 1.20 bits per heavy atom. The predicted octanol–water partition coefficient (Wildman–Crippen LogP) is 3.15. The van der Waals surface area contributed by atoms with Crippen LogP contribution in [0.1, 0.15) is 16.8 Å². The molecule has 0 radical (unpaired) electrons. The Labute approximate surface area is 147 Å². The minimum absolute atomic E-state index is 0.165. The maximum atomic E-state index is 13.3. The van der Waals surface area contributed by atoms with Crippen molar-refractivity contribution in [1.29, 1.82) is 0 Å². The number of hydrogen-bond donors (Lipinski definition) is 0. The highest BCUT2D eigenvalue weighted by molar-refractivity contribution is 7.16. The summed E-state index contributed by atoms with van der Waals surface area (Å²) in [6, 6.07) is 13.0. The van der Waals surface area contributed by atoms with Gasteiger partial charge in [0, 0.05) is 12.1 Å². The number of aryl methyl sites for hydroxylation is 1. The first-order chi connectivity index (χ1) is 12.1. The van der Waals surface area contributed by atoms with Crippen LogP contribution in [-0.2, 0) is 16.1 Å². The molecule has 0 unspecified atom stereocenters. The van der Waals surface area contributed by atoms with Gasteiger partial charge in [0.15, 0.2) is 4.80 Å². The third-order valence-corrected chi connectivity index (χ3v) is 4.68. The summed E-state index contributed by atoms with van der Waals surface area (Å²) in [4.78, 5) is 28.4. The Morgan fingerprint density at radius 2 is 2.00 bits per heavy atom. The van der Waals surface area contributed by atoms with Crippen molar-refractivity contribution in [2.45, 2.75) is 13.0 Å². The van der Waals surface area contributed by atoms with Gasteiger partial charge in [-0.25, -0.2) is 4.39 Å². The average Bonchev–Trinajstić information content (AvgIpc) is 2.96. The maximum Gasteiger partial charge on any atom is 0.307 e. The zero-order valence-corrected chi connectivity index (χ0v) is 14.3. The minimum Gasteiger partial charge on any atom is -0.469 e. The number of fused-ring (bicyclic) bond motifs is 1. The fourth-order valence-electron chi connectivity index (χ4n) is 2.40. The van der Waals surface area contributed by atoms with Gasteiger partial charge in [0.25, 0.3) is 5.91 Å². The van der Waals surface area contributed by atoms with E-state index in [4.69, 9.17) is 0 Å². The summed E-state index contributed by atoms with van der Waals surface area (Å²) in [5.74, 6) is -1.36. The highest BCUT2D eigenvalue weighted by Gasteiger charge is 2.11. The summed E-state index contributed by atoms with van der Waals surface area (Å²) in [6.07, 6.45) is 0.165. The smallest absolute Gasteiger partial charge is 0.307 e. The monoisotopic (exact) mass is 358 g/mol. The molecule has 0 fully saturated rings. The second-order valence-electron chi connectivity index (χ2n) is 5.26. The van der Waals surface area contributed by atoms with Gasteiger partial charge in [-0.05, 0) is 30.3 Å². The number of carbonyl (C=O) groups is 2. The second kappa shape index (κ2) is 7.40. The topological polar surface area (TPSA) is 60.7 Å². The van der Waals surface area contributed by atoms with Gasteiger partial charge >= 0.3 is 5.97 Å². The van der Waals surface area contributed by atoms with Crippen molar-refractivity contribution in [2.75, 3.05) is 7.11 Å². The molecule has 7 heteroatoms. The summed E-state index contributed by atoms with van der Waals surface area (Å²) in [6.45, 7) is 0.339. The van der Waals surface area contributed by atoms with Crippen LogP contribution in [0.25, 0.3) is 10.2 Å². The molecule has 0 spiro atoms. The Morgan fingerprint density at radius 3 is 2.76 bits per heavy atom. The molecule has 25 heavy (non-hydrogen) atoms. The summed E-state index contributed by atoms with van der Waals surface area (Å²) < 4.78 is 20.7. The number of amides is 1. The van der Waals surface area contributed by atoms with Crippen molar-refractivity contribution >= 4 is 33.4 Å². The fraction of sp³-hybridized carbons (Fsp3) is 0.167. The minimum atomic E-state index is -0.530. The largest absolute Gasteiger partial charge is 0.469 e. The molecular formula is C18H15FN2O3S. The Balaban J connectivity index is 2.05. The molecule has 1 heterocycles. The number of halogens is 1. The zero-order valence-electron chi connectivity index (χ0n) is 13.4. The van der Waals surface area contributed by atoms with E-state index >= 15 is 0 Å². The van der Waals surface area contributed by atoms with Crippen LogP contribution >= 0.6 is 11.3 Å². The maximum absolute atomic E-state index is 13.3. The fourth-order valence-corrected chi connectivity index (χ4v) is 3.45. The molecule has 1 aromatic heterocycles. The first-order valence-electron chi connectivity index (χ1n) is 7.58. The summed E-state index contributed by atoms with van der Waals surface area (Å²) in [5, 5.41) is 0. The van der Waals surface area contributed by atoms with Crippen LogP contribution in [-0.4, -0.2) is 23.6 Å². The number of methoxy groups -OCH3 is 1. The molecule has 0 bridgehead atoms. The summed E-state index contributed by atoms with van der Waals surface area (Å²) in [7, 11) is 1.33. The molecular weight excluding hydrogens is 343 g/mol. The van der Waals surface area contributed by atoms with E-state index in [2.05, 4.69) is 9.73 Å². The first-order valence-corrected chi connectivity index (χ1v) is 8.40. The molecule has 0 N–H and O–H groups in total. The molecule has 5 nitrogen and oxygen atoms in total. The SMILES string of the molecule is COC(=O)CCn1c(=NC(=O)c2cccc(F)c2)sc2ccccc21. The number of thiazole rings is 1. The van der Waals surface area contributed by atoms with E-state index < -0.39 is 11.7 Å². The molecule has 128 valence electrons. The van der Waals surface area contributed by atoms with Gasteiger partial charge in [-0.2, -0.15) is 4.99 Å². The first kappa shape index (κ1) is 17.0. The number of hydrogen-bond acceptors (Lipinski definition) is 4. The standard InChI is InChI=1S/C18H15FN2O3S/c1-24-16(22)9-10-21-14-7-2-3-8-15(14)25-18(21)20-17(23)12-5-4-6-13(19)11-12/h2-8,11H,9-10H2,1H3. The lowest BCUT2D eigenvalue weighted by atomic mass is 10.2. The lowest BCUT2D eigenvalue weighted by Gasteiger charge is -2.04. The van der Waals surface area contributed by atoms with E-state index in [-0.39, 0.29) is 18.0 Å². The molecule has 3 rings (SSSR count). The molecule has 0 saturated carbocycles. The van der Waals surface area contributed by atoms with Crippen LogP contribution in [0.2, 0.25) is 0 Å². The van der Waals surface area contributed by atoms with Gasteiger partial charge in [0.05, 0.1) is 23.7 Å². The molecule has 3 aromatic rings. The van der Waals surface area contributed by atoms with Crippen LogP contribution in [0.15, 0.2) is 53.5 Å². The van der Waals surface area contributed by atoms with Gasteiger partial charge in [0.2, 0.25) is 0 Å². The van der Waals surface area contributed by atoms with Gasteiger partial charge in [-0.1, -0.05) is 29.5 Å². The van der Waals surface area contributed by atoms with Crippen LogP contribution in [0.4, 0.5) is 4.39 Å². The van der Waals surface area contributed by atoms with Crippen LogP contribution in [0, 0.1) is 5.82 Å². The predicted molar refractivity (Wildman–Crippen MR) is 92.7 cm³/mol. The molecule has 0 aliphatic heterocycles. The van der Waals surface area contributed by atoms with E-state index in [1.807, 2.05) is 24.3 Å². The van der Waals surface area contributed by atoms with Crippen LogP contribution in [0.5, 0.6) is 0 Å². The number of ether oxygens (including phenoxy) is 1. The lowest BCUT2D eigenvalue weighted by molar-refractivity contribution is -0.140. The van der Waals surface area contributed by atoms with Crippen molar-refractivity contribution in [1.82, 2.24) is 4.57 Å². The van der Waals surface area contributed by atoms with E-state index in [1.54, 1.807) is 4.57 Å². The molecule has 0 atom stereocenters. The summed E-state index contributed by atoms with van der Waals surface area (Å²) in [5.41, 5.74) is 1.05. The molecule has 1 amide bonds. The number of esters is 1. The molecule has 0 aliphatic rings. The van der Waals surface area contributed by atoms with Crippen LogP contribution < -0.4 is 4.80 Å². The quantitative estimate of drug-likeness (QED) is 0.673. The number of carbonyl (C=O) groups excluding carboxylic acids is 2. The van der Waals surface area contributed by atoms with Gasteiger partial charge in [-0.15, -0.1) is 0 Å². The van der Waals surface area contributed by atoms with Gasteiger partial charge in [0.1, 0.15) is 5.82 Å². The number of benzene rings is 2. The Bertz CT molecular complexity index is 1010. The van der Waals surface area contributed by atoms with Crippen molar-refractivity contribution in [3.63, 3.8) is 0 Å². The Kier molecular flexibility index (Phi) is 5.04. The Hall–Kier alpha value is -2.80. The molecule has 0 aliphatic carbocycles. The third kappa shape index (κ3) is 3.83. The van der Waals surface area contributed by atoms with Crippen molar-refractivity contribution in [3.05, 3.63) is 64.7 Å². The lowest BCUT2D eigenvalue weighted by Crippen LogP contribution is -2.19. The van der Waals surface area contributed by atoms with E-state index in [0.29, 0.717) is 11.3 Å². The van der Waals surface area contributed by atoms with Gasteiger partial charge < -0.3 is 9.30 Å². The van der Waals surface area contributed by atoms with Crippen molar-refractivity contribution in [2.24, 2.45) is 4.99 Å². The van der Waals surface area contributed by atoms with Crippen LogP contribution in [0.3, 0.4) is 0 Å². The normalized spacial score (nSPS) is 11.7. The third-order valence-electron chi connectivity index (χ3n) is 3.62. The van der Waals surface area contributed by atoms with E-state index in [1.165, 1.54) is 36.6 Å². The molecule has 2 aromatic carbocycles. The highest BCUT2D eigenvalue weighted by atomic mass is 32.1. The average molecular weight is 358 g/mol. The van der Waals surface area contributed by atoms with Crippen molar-refractivity contribution in [3.8, 4) is 0 Å². The molecule has 0 saturated heterocycles. The zero-order chi connectivity index (χ0) is 17.8.